The van der Waals surface area contributed by atoms with Gasteiger partial charge in [0.1, 0.15) is 17.2 Å². The van der Waals surface area contributed by atoms with Crippen LogP contribution in [0.5, 0.6) is 17.4 Å². The Morgan fingerprint density at radius 3 is 2.44 bits per heavy atom. The first-order valence-electron chi connectivity index (χ1n) is 4.96. The van der Waals surface area contributed by atoms with Gasteiger partial charge in [0.05, 0.1) is 0 Å². The summed E-state index contributed by atoms with van der Waals surface area (Å²) in [6.45, 7) is 0. The van der Waals surface area contributed by atoms with Crippen molar-refractivity contribution in [1.82, 2.24) is 4.98 Å². The van der Waals surface area contributed by atoms with Crippen molar-refractivity contribution < 1.29 is 23.0 Å². The Morgan fingerprint density at radius 2 is 1.78 bits per heavy atom. The molecule has 0 atom stereocenters. The number of benzene rings is 1. The number of aromatic nitrogens is 1. The quantitative estimate of drug-likeness (QED) is 0.891. The van der Waals surface area contributed by atoms with Crippen LogP contribution in [0.3, 0.4) is 0 Å². The minimum absolute atomic E-state index is 0.0422. The molecule has 0 bridgehead atoms. The van der Waals surface area contributed by atoms with Gasteiger partial charge in [-0.1, -0.05) is 12.1 Å². The van der Waals surface area contributed by atoms with E-state index >= 15 is 0 Å². The number of halogens is 3. The molecule has 0 saturated heterocycles. The molecule has 0 saturated carbocycles. The first-order valence-corrected chi connectivity index (χ1v) is 4.96. The third-order valence-electron chi connectivity index (χ3n) is 2.05. The van der Waals surface area contributed by atoms with E-state index in [4.69, 9.17) is 4.74 Å². The van der Waals surface area contributed by atoms with Crippen LogP contribution in [0.25, 0.3) is 0 Å². The molecule has 2 aromatic rings. The van der Waals surface area contributed by atoms with E-state index in [1.807, 2.05) is 0 Å². The molecule has 0 spiro atoms. The zero-order valence-electron chi connectivity index (χ0n) is 8.98. The highest BCUT2D eigenvalue weighted by molar-refractivity contribution is 5.34. The summed E-state index contributed by atoms with van der Waals surface area (Å²) in [5, 5.41) is 9.19. The highest BCUT2D eigenvalue weighted by atomic mass is 19.4. The molecule has 0 amide bonds. The zero-order valence-corrected chi connectivity index (χ0v) is 8.98. The summed E-state index contributed by atoms with van der Waals surface area (Å²) >= 11 is 0. The maximum atomic E-state index is 12.4. The lowest BCUT2D eigenvalue weighted by atomic mass is 10.3. The van der Waals surface area contributed by atoms with Crippen molar-refractivity contribution in [3.8, 4) is 17.4 Å². The number of hydrogen-bond donors (Lipinski definition) is 1. The highest BCUT2D eigenvalue weighted by Gasteiger charge is 2.32. The van der Waals surface area contributed by atoms with Crippen LogP contribution in [-0.4, -0.2) is 10.1 Å². The van der Waals surface area contributed by atoms with Gasteiger partial charge in [-0.2, -0.15) is 13.2 Å². The van der Waals surface area contributed by atoms with E-state index in [-0.39, 0.29) is 17.4 Å². The number of alkyl halides is 3. The van der Waals surface area contributed by atoms with Crippen molar-refractivity contribution in [3.05, 3.63) is 48.2 Å². The van der Waals surface area contributed by atoms with Gasteiger partial charge in [0.15, 0.2) is 0 Å². The Hall–Kier alpha value is -2.24. The standard InChI is InChI=1S/C12H8F3NO2/c13-12(14,15)10-5-2-6-11(16-10)18-9-4-1-3-8(17)7-9/h1-7,17H. The van der Waals surface area contributed by atoms with Gasteiger partial charge in [-0.25, -0.2) is 4.98 Å². The number of nitrogens with zero attached hydrogens (tertiary/aromatic N) is 1. The van der Waals surface area contributed by atoms with Gasteiger partial charge < -0.3 is 9.84 Å². The summed E-state index contributed by atoms with van der Waals surface area (Å²) in [4.78, 5) is 3.34. The van der Waals surface area contributed by atoms with Gasteiger partial charge in [-0.05, 0) is 18.2 Å². The molecule has 1 heterocycles. The Bertz CT molecular complexity index is 555. The molecule has 6 heteroatoms. The van der Waals surface area contributed by atoms with Crippen LogP contribution < -0.4 is 4.74 Å². The molecule has 0 aliphatic heterocycles. The number of aromatic hydroxyl groups is 1. The number of pyridine rings is 1. The average molecular weight is 255 g/mol. The molecular formula is C12H8F3NO2. The van der Waals surface area contributed by atoms with Crippen LogP contribution in [0.15, 0.2) is 42.5 Å². The molecule has 0 unspecified atom stereocenters. The fraction of sp³-hybridized carbons (Fsp3) is 0.0833. The molecule has 1 N–H and O–H groups in total. The van der Waals surface area contributed by atoms with Crippen LogP contribution in [0.1, 0.15) is 5.69 Å². The maximum absolute atomic E-state index is 12.4. The number of rotatable bonds is 2. The minimum atomic E-state index is -4.52. The SMILES string of the molecule is Oc1cccc(Oc2cccc(C(F)(F)F)n2)c1. The van der Waals surface area contributed by atoms with Gasteiger partial charge in [-0.15, -0.1) is 0 Å². The van der Waals surface area contributed by atoms with E-state index in [1.54, 1.807) is 0 Å². The zero-order chi connectivity index (χ0) is 13.2. The molecule has 0 radical (unpaired) electrons. The Balaban J connectivity index is 2.25. The number of phenolic OH excluding ortho intramolecular Hbond substituents is 1. The largest absolute Gasteiger partial charge is 0.508 e. The van der Waals surface area contributed by atoms with E-state index < -0.39 is 11.9 Å². The molecule has 94 valence electrons. The van der Waals surface area contributed by atoms with Gasteiger partial charge in [0, 0.05) is 12.1 Å². The normalized spacial score (nSPS) is 11.3. The van der Waals surface area contributed by atoms with Crippen molar-refractivity contribution in [2.45, 2.75) is 6.18 Å². The Kier molecular flexibility index (Phi) is 3.10. The lowest BCUT2D eigenvalue weighted by molar-refractivity contribution is -0.141. The second-order valence-corrected chi connectivity index (χ2v) is 3.46. The summed E-state index contributed by atoms with van der Waals surface area (Å²) in [6.07, 6.45) is -4.52. The van der Waals surface area contributed by atoms with Crippen molar-refractivity contribution in [1.29, 1.82) is 0 Å². The smallest absolute Gasteiger partial charge is 0.433 e. The van der Waals surface area contributed by atoms with E-state index in [9.17, 15) is 18.3 Å². The number of hydrogen-bond acceptors (Lipinski definition) is 3. The second-order valence-electron chi connectivity index (χ2n) is 3.46. The van der Waals surface area contributed by atoms with Crippen LogP contribution in [0, 0.1) is 0 Å². The topological polar surface area (TPSA) is 42.4 Å². The summed E-state index contributed by atoms with van der Waals surface area (Å²) < 4.78 is 42.4. The Morgan fingerprint density at radius 1 is 1.06 bits per heavy atom. The fourth-order valence-electron chi connectivity index (χ4n) is 1.30. The fourth-order valence-corrected chi connectivity index (χ4v) is 1.30. The van der Waals surface area contributed by atoms with Crippen LogP contribution in [-0.2, 0) is 6.18 Å². The summed E-state index contributed by atoms with van der Waals surface area (Å²) in [5.74, 6) is -0.0169. The molecule has 0 aliphatic rings. The summed E-state index contributed by atoms with van der Waals surface area (Å²) in [7, 11) is 0. The van der Waals surface area contributed by atoms with Gasteiger partial charge in [0.25, 0.3) is 0 Å². The third kappa shape index (κ3) is 2.91. The molecule has 0 aliphatic carbocycles. The lowest BCUT2D eigenvalue weighted by Gasteiger charge is -2.08. The molecule has 3 nitrogen and oxygen atoms in total. The molecule has 18 heavy (non-hydrogen) atoms. The molecule has 2 rings (SSSR count). The molecule has 1 aromatic carbocycles. The average Bonchev–Trinajstić information content (AvgIpc) is 2.28. The summed E-state index contributed by atoms with van der Waals surface area (Å²) in [6, 6.07) is 9.08. The molecule has 1 aromatic heterocycles. The first kappa shape index (κ1) is 12.2. The minimum Gasteiger partial charge on any atom is -0.508 e. The molecule has 0 fully saturated rings. The maximum Gasteiger partial charge on any atom is 0.433 e. The Labute approximate surface area is 100 Å². The van der Waals surface area contributed by atoms with E-state index in [0.717, 1.165) is 6.07 Å². The second kappa shape index (κ2) is 4.56. The highest BCUT2D eigenvalue weighted by Crippen LogP contribution is 2.30. The predicted molar refractivity (Wildman–Crippen MR) is 57.4 cm³/mol. The predicted octanol–water partition coefficient (Wildman–Crippen LogP) is 3.60. The summed E-state index contributed by atoms with van der Waals surface area (Å²) in [5.41, 5.74) is -1.03. The van der Waals surface area contributed by atoms with Crippen molar-refractivity contribution in [3.63, 3.8) is 0 Å². The van der Waals surface area contributed by atoms with Gasteiger partial charge in [0.2, 0.25) is 5.88 Å². The van der Waals surface area contributed by atoms with Gasteiger partial charge >= 0.3 is 6.18 Å². The van der Waals surface area contributed by atoms with Crippen molar-refractivity contribution >= 4 is 0 Å². The van der Waals surface area contributed by atoms with Crippen molar-refractivity contribution in [2.24, 2.45) is 0 Å². The number of ether oxygens (including phenoxy) is 1. The van der Waals surface area contributed by atoms with E-state index in [2.05, 4.69) is 4.98 Å². The van der Waals surface area contributed by atoms with Gasteiger partial charge in [-0.3, -0.25) is 0 Å². The monoisotopic (exact) mass is 255 g/mol. The third-order valence-corrected chi connectivity index (χ3v) is 2.05. The van der Waals surface area contributed by atoms with Crippen LogP contribution in [0.4, 0.5) is 13.2 Å². The van der Waals surface area contributed by atoms with E-state index in [1.165, 1.54) is 36.4 Å². The van der Waals surface area contributed by atoms with Crippen LogP contribution >= 0.6 is 0 Å². The lowest BCUT2D eigenvalue weighted by Crippen LogP contribution is -2.07. The van der Waals surface area contributed by atoms with Crippen molar-refractivity contribution in [2.75, 3.05) is 0 Å². The molecular weight excluding hydrogens is 247 g/mol. The van der Waals surface area contributed by atoms with Crippen LogP contribution in [0.2, 0.25) is 0 Å². The first-order chi connectivity index (χ1) is 8.45. The van der Waals surface area contributed by atoms with E-state index in [0.29, 0.717) is 0 Å². The number of phenols is 1.